The lowest BCUT2D eigenvalue weighted by molar-refractivity contribution is -0.117. The Balaban J connectivity index is 1.46. The van der Waals surface area contributed by atoms with Gasteiger partial charge in [-0.15, -0.1) is 0 Å². The Bertz CT molecular complexity index is 857. The van der Waals surface area contributed by atoms with E-state index < -0.39 is 0 Å². The van der Waals surface area contributed by atoms with Crippen molar-refractivity contribution in [1.29, 1.82) is 0 Å². The van der Waals surface area contributed by atoms with Crippen LogP contribution in [-0.2, 0) is 4.79 Å². The Kier molecular flexibility index (Phi) is 6.61. The number of rotatable bonds is 5. The third-order valence-electron chi connectivity index (χ3n) is 4.87. The van der Waals surface area contributed by atoms with Crippen molar-refractivity contribution in [3.8, 4) is 0 Å². The predicted octanol–water partition coefficient (Wildman–Crippen LogP) is 1.78. The zero-order chi connectivity index (χ0) is 20.8. The van der Waals surface area contributed by atoms with Crippen molar-refractivity contribution in [2.24, 2.45) is 0 Å². The van der Waals surface area contributed by atoms with Crippen LogP contribution in [0, 0.1) is 0 Å². The molecule has 0 spiro atoms. The second-order valence-electron chi connectivity index (χ2n) is 7.26. The lowest BCUT2D eigenvalue weighted by Gasteiger charge is -2.34. The molecule has 2 aromatic rings. The molecule has 1 N–H and O–H groups in total. The van der Waals surface area contributed by atoms with E-state index in [1.165, 1.54) is 4.90 Å². The summed E-state index contributed by atoms with van der Waals surface area (Å²) in [5.74, 6) is -0.160. The zero-order valence-corrected chi connectivity index (χ0v) is 16.8. The molecule has 0 aliphatic carbocycles. The minimum Gasteiger partial charge on any atom is -0.345 e. The number of nitrogens with zero attached hydrogens (tertiary/aromatic N) is 3. The molecule has 0 atom stereocenters. The molecule has 0 bridgehead atoms. The Morgan fingerprint density at radius 3 is 2.07 bits per heavy atom. The first kappa shape index (κ1) is 20.5. The lowest BCUT2D eigenvalue weighted by atomic mass is 10.2. The first-order chi connectivity index (χ1) is 13.9. The van der Waals surface area contributed by atoms with Gasteiger partial charge in [0.25, 0.3) is 11.8 Å². The van der Waals surface area contributed by atoms with Crippen molar-refractivity contribution < 1.29 is 14.4 Å². The van der Waals surface area contributed by atoms with Crippen molar-refractivity contribution in [3.63, 3.8) is 0 Å². The van der Waals surface area contributed by atoms with Gasteiger partial charge < -0.3 is 15.1 Å². The fraction of sp³-hybridized carbons (Fsp3) is 0.318. The highest BCUT2D eigenvalue weighted by Gasteiger charge is 2.23. The van der Waals surface area contributed by atoms with E-state index in [-0.39, 0.29) is 24.3 Å². The van der Waals surface area contributed by atoms with Crippen LogP contribution in [0.3, 0.4) is 0 Å². The van der Waals surface area contributed by atoms with Crippen LogP contribution >= 0.6 is 0 Å². The Morgan fingerprint density at radius 1 is 0.862 bits per heavy atom. The number of nitrogens with one attached hydrogen (secondary N) is 1. The van der Waals surface area contributed by atoms with Crippen LogP contribution in [-0.4, -0.2) is 79.2 Å². The molecule has 0 unspecified atom stereocenters. The molecule has 7 nitrogen and oxygen atoms in total. The van der Waals surface area contributed by atoms with Gasteiger partial charge >= 0.3 is 0 Å². The molecule has 3 rings (SSSR count). The Morgan fingerprint density at radius 2 is 1.48 bits per heavy atom. The molecule has 29 heavy (non-hydrogen) atoms. The maximum atomic E-state index is 12.5. The van der Waals surface area contributed by atoms with Crippen LogP contribution in [0.2, 0.25) is 0 Å². The molecule has 0 radical (unpaired) electrons. The van der Waals surface area contributed by atoms with Crippen LogP contribution in [0.5, 0.6) is 0 Å². The van der Waals surface area contributed by atoms with Gasteiger partial charge in [0.2, 0.25) is 5.91 Å². The van der Waals surface area contributed by atoms with Gasteiger partial charge in [-0.05, 0) is 36.4 Å². The highest BCUT2D eigenvalue weighted by atomic mass is 16.2. The maximum Gasteiger partial charge on any atom is 0.253 e. The molecular formula is C22H26N4O3. The summed E-state index contributed by atoms with van der Waals surface area (Å²) in [6.45, 7) is 2.78. The number of hydrogen-bond donors (Lipinski definition) is 1. The van der Waals surface area contributed by atoms with Crippen LogP contribution in [0.4, 0.5) is 5.69 Å². The van der Waals surface area contributed by atoms with Crippen molar-refractivity contribution in [2.45, 2.75) is 0 Å². The maximum absolute atomic E-state index is 12.5. The number of anilines is 1. The summed E-state index contributed by atoms with van der Waals surface area (Å²) in [5, 5.41) is 2.86. The first-order valence-electron chi connectivity index (χ1n) is 9.62. The molecule has 152 valence electrons. The van der Waals surface area contributed by atoms with Crippen LogP contribution in [0.1, 0.15) is 20.7 Å². The molecule has 3 amide bonds. The van der Waals surface area contributed by atoms with Gasteiger partial charge in [-0.2, -0.15) is 0 Å². The van der Waals surface area contributed by atoms with Gasteiger partial charge in [-0.25, -0.2) is 0 Å². The number of benzene rings is 2. The van der Waals surface area contributed by atoms with E-state index in [1.807, 2.05) is 40.1 Å². The van der Waals surface area contributed by atoms with Crippen molar-refractivity contribution in [2.75, 3.05) is 52.1 Å². The van der Waals surface area contributed by atoms with Gasteiger partial charge in [-0.1, -0.05) is 18.2 Å². The summed E-state index contributed by atoms with van der Waals surface area (Å²) in [5.41, 5.74) is 1.92. The molecule has 1 saturated heterocycles. The summed E-state index contributed by atoms with van der Waals surface area (Å²) < 4.78 is 0. The number of carbonyl (C=O) groups excluding carboxylic acids is 3. The van der Waals surface area contributed by atoms with E-state index in [0.29, 0.717) is 43.0 Å². The molecule has 0 saturated carbocycles. The van der Waals surface area contributed by atoms with Crippen LogP contribution < -0.4 is 5.32 Å². The van der Waals surface area contributed by atoms with Gasteiger partial charge in [-0.3, -0.25) is 19.3 Å². The molecule has 1 fully saturated rings. The summed E-state index contributed by atoms with van der Waals surface area (Å²) in [6.07, 6.45) is 0. The SMILES string of the molecule is CN(C)C(=O)c1ccc(NC(=O)CN2CCN(C(=O)c3ccccc3)CC2)cc1. The van der Waals surface area contributed by atoms with E-state index in [1.54, 1.807) is 38.4 Å². The Hall–Kier alpha value is -3.19. The molecule has 1 aliphatic heterocycles. The fourth-order valence-corrected chi connectivity index (χ4v) is 3.23. The van der Waals surface area contributed by atoms with Crippen molar-refractivity contribution >= 4 is 23.4 Å². The number of carbonyl (C=O) groups is 3. The highest BCUT2D eigenvalue weighted by Crippen LogP contribution is 2.12. The van der Waals surface area contributed by atoms with Gasteiger partial charge in [0.1, 0.15) is 0 Å². The summed E-state index contributed by atoms with van der Waals surface area (Å²) >= 11 is 0. The molecule has 1 aliphatic rings. The number of amides is 3. The third kappa shape index (κ3) is 5.42. The second kappa shape index (κ2) is 9.34. The topological polar surface area (TPSA) is 73.0 Å². The number of hydrogen-bond acceptors (Lipinski definition) is 4. The molecule has 0 aromatic heterocycles. The van der Waals surface area contributed by atoms with Crippen molar-refractivity contribution in [1.82, 2.24) is 14.7 Å². The van der Waals surface area contributed by atoms with Gasteiger partial charge in [0.05, 0.1) is 6.54 Å². The monoisotopic (exact) mass is 394 g/mol. The van der Waals surface area contributed by atoms with Crippen LogP contribution in [0.15, 0.2) is 54.6 Å². The van der Waals surface area contributed by atoms with E-state index in [0.717, 1.165) is 0 Å². The molecule has 1 heterocycles. The zero-order valence-electron chi connectivity index (χ0n) is 16.8. The minimum atomic E-state index is -0.112. The van der Waals surface area contributed by atoms with Crippen LogP contribution in [0.25, 0.3) is 0 Å². The summed E-state index contributed by atoms with van der Waals surface area (Å²) in [6, 6.07) is 16.1. The minimum absolute atomic E-state index is 0.0297. The normalized spacial score (nSPS) is 14.3. The predicted molar refractivity (Wildman–Crippen MR) is 112 cm³/mol. The average molecular weight is 394 g/mol. The smallest absolute Gasteiger partial charge is 0.253 e. The fourth-order valence-electron chi connectivity index (χ4n) is 3.23. The number of piperazine rings is 1. The van der Waals surface area contributed by atoms with E-state index in [9.17, 15) is 14.4 Å². The van der Waals surface area contributed by atoms with Gasteiger partial charge in [0.15, 0.2) is 0 Å². The van der Waals surface area contributed by atoms with E-state index in [2.05, 4.69) is 5.32 Å². The quantitative estimate of drug-likeness (QED) is 0.839. The van der Waals surface area contributed by atoms with Crippen molar-refractivity contribution in [3.05, 3.63) is 65.7 Å². The molecule has 7 heteroatoms. The average Bonchev–Trinajstić information content (AvgIpc) is 2.74. The second-order valence-corrected chi connectivity index (χ2v) is 7.26. The molecule has 2 aromatic carbocycles. The first-order valence-corrected chi connectivity index (χ1v) is 9.62. The highest BCUT2D eigenvalue weighted by molar-refractivity contribution is 5.96. The van der Waals surface area contributed by atoms with Gasteiger partial charge in [0, 0.05) is 57.1 Å². The lowest BCUT2D eigenvalue weighted by Crippen LogP contribution is -2.50. The third-order valence-corrected chi connectivity index (χ3v) is 4.87. The molecular weight excluding hydrogens is 368 g/mol. The Labute approximate surface area is 170 Å². The summed E-state index contributed by atoms with van der Waals surface area (Å²) in [7, 11) is 3.40. The van der Waals surface area contributed by atoms with E-state index >= 15 is 0 Å². The van der Waals surface area contributed by atoms with E-state index in [4.69, 9.17) is 0 Å². The largest absolute Gasteiger partial charge is 0.345 e. The summed E-state index contributed by atoms with van der Waals surface area (Å²) in [4.78, 5) is 42.1. The standard InChI is InChI=1S/C22H26N4O3/c1-24(2)21(28)18-8-10-19(11-9-18)23-20(27)16-25-12-14-26(15-13-25)22(29)17-6-4-3-5-7-17/h3-11H,12-16H2,1-2H3,(H,23,27).